The van der Waals surface area contributed by atoms with Gasteiger partial charge in [-0.15, -0.1) is 11.8 Å². The van der Waals surface area contributed by atoms with Crippen LogP contribution in [0.3, 0.4) is 0 Å². The summed E-state index contributed by atoms with van der Waals surface area (Å²) >= 11 is 1.73. The molecule has 1 fully saturated rings. The lowest BCUT2D eigenvalue weighted by molar-refractivity contribution is -0.122. The van der Waals surface area contributed by atoms with Crippen molar-refractivity contribution < 1.29 is 4.79 Å². The van der Waals surface area contributed by atoms with Crippen molar-refractivity contribution in [2.45, 2.75) is 49.0 Å². The summed E-state index contributed by atoms with van der Waals surface area (Å²) < 4.78 is 0. The van der Waals surface area contributed by atoms with Gasteiger partial charge in [-0.3, -0.25) is 4.79 Å². The van der Waals surface area contributed by atoms with Crippen LogP contribution in [0.4, 0.5) is 0 Å². The first kappa shape index (κ1) is 14.5. The van der Waals surface area contributed by atoms with Crippen LogP contribution in [0.15, 0.2) is 29.2 Å². The standard InChI is InChI=1S/C17H20N2OS/c18-10-15(12-6-2-1-3-7-12)19-17(20)14-11-21-16-9-5-4-8-13(14)16/h4-5,8-9,12,14-15H,1-3,6-7,11H2,(H,19,20). The van der Waals surface area contributed by atoms with Crippen LogP contribution >= 0.6 is 11.8 Å². The number of thioether (sulfide) groups is 1. The number of benzene rings is 1. The van der Waals surface area contributed by atoms with Crippen LogP contribution in [0.1, 0.15) is 43.6 Å². The number of fused-ring (bicyclic) bond motifs is 1. The van der Waals surface area contributed by atoms with Gasteiger partial charge in [0.2, 0.25) is 5.91 Å². The molecule has 1 aliphatic heterocycles. The Hall–Kier alpha value is -1.47. The van der Waals surface area contributed by atoms with E-state index in [4.69, 9.17) is 0 Å². The van der Waals surface area contributed by atoms with Gasteiger partial charge in [0.15, 0.2) is 0 Å². The van der Waals surface area contributed by atoms with Gasteiger partial charge in [-0.05, 0) is 30.4 Å². The minimum absolute atomic E-state index is 0.0181. The van der Waals surface area contributed by atoms with Crippen molar-refractivity contribution in [1.29, 1.82) is 5.26 Å². The first-order valence-corrected chi connectivity index (χ1v) is 8.70. The third kappa shape index (κ3) is 3.08. The molecule has 110 valence electrons. The van der Waals surface area contributed by atoms with Crippen molar-refractivity contribution in [1.82, 2.24) is 5.32 Å². The Kier molecular flexibility index (Phi) is 4.50. The van der Waals surface area contributed by atoms with E-state index in [1.54, 1.807) is 11.8 Å². The Labute approximate surface area is 130 Å². The van der Waals surface area contributed by atoms with Crippen LogP contribution in [0, 0.1) is 17.2 Å². The summed E-state index contributed by atoms with van der Waals surface area (Å²) in [6, 6.07) is 10.1. The summed E-state index contributed by atoms with van der Waals surface area (Å²) in [5.74, 6) is 1.03. The van der Waals surface area contributed by atoms with E-state index in [0.717, 1.165) is 24.2 Å². The molecule has 2 unspecified atom stereocenters. The molecular formula is C17H20N2OS. The van der Waals surface area contributed by atoms with Gasteiger partial charge >= 0.3 is 0 Å². The molecular weight excluding hydrogens is 280 g/mol. The average molecular weight is 300 g/mol. The molecule has 1 N–H and O–H groups in total. The largest absolute Gasteiger partial charge is 0.340 e. The number of hydrogen-bond acceptors (Lipinski definition) is 3. The Morgan fingerprint density at radius 1 is 1.29 bits per heavy atom. The zero-order valence-electron chi connectivity index (χ0n) is 12.0. The van der Waals surface area contributed by atoms with E-state index in [9.17, 15) is 10.1 Å². The minimum Gasteiger partial charge on any atom is -0.340 e. The fourth-order valence-corrected chi connectivity index (χ4v) is 4.59. The van der Waals surface area contributed by atoms with Crippen LogP contribution in [0.5, 0.6) is 0 Å². The summed E-state index contributed by atoms with van der Waals surface area (Å²) in [4.78, 5) is 13.7. The number of nitrogens with zero attached hydrogens (tertiary/aromatic N) is 1. The molecule has 3 nitrogen and oxygen atoms in total. The molecule has 1 aromatic carbocycles. The van der Waals surface area contributed by atoms with E-state index < -0.39 is 0 Å². The zero-order valence-corrected chi connectivity index (χ0v) is 12.9. The number of hydrogen-bond donors (Lipinski definition) is 1. The van der Waals surface area contributed by atoms with Crippen molar-refractivity contribution in [2.75, 3.05) is 5.75 Å². The van der Waals surface area contributed by atoms with Gasteiger partial charge in [0.05, 0.1) is 12.0 Å². The number of rotatable bonds is 3. The molecule has 1 saturated carbocycles. The van der Waals surface area contributed by atoms with Crippen molar-refractivity contribution in [3.63, 3.8) is 0 Å². The van der Waals surface area contributed by atoms with Crippen LogP contribution < -0.4 is 5.32 Å². The molecule has 1 aliphatic carbocycles. The van der Waals surface area contributed by atoms with Crippen LogP contribution in [-0.4, -0.2) is 17.7 Å². The number of carbonyl (C=O) groups is 1. The van der Waals surface area contributed by atoms with E-state index in [1.165, 1.54) is 24.2 Å². The van der Waals surface area contributed by atoms with Gasteiger partial charge < -0.3 is 5.32 Å². The monoisotopic (exact) mass is 300 g/mol. The molecule has 1 heterocycles. The van der Waals surface area contributed by atoms with Crippen molar-refractivity contribution in [3.8, 4) is 6.07 Å². The van der Waals surface area contributed by atoms with Crippen LogP contribution in [0.2, 0.25) is 0 Å². The number of carbonyl (C=O) groups excluding carboxylic acids is 1. The second kappa shape index (κ2) is 6.53. The third-order valence-electron chi connectivity index (χ3n) is 4.57. The minimum atomic E-state index is -0.324. The molecule has 0 aromatic heterocycles. The predicted octanol–water partition coefficient (Wildman–Crippen LogP) is 3.46. The van der Waals surface area contributed by atoms with Gasteiger partial charge in [0, 0.05) is 10.6 Å². The molecule has 2 atom stereocenters. The Morgan fingerprint density at radius 2 is 2.05 bits per heavy atom. The molecule has 2 aliphatic rings. The first-order valence-electron chi connectivity index (χ1n) is 7.71. The van der Waals surface area contributed by atoms with Gasteiger partial charge in [0.1, 0.15) is 6.04 Å². The van der Waals surface area contributed by atoms with E-state index in [1.807, 2.05) is 18.2 Å². The Morgan fingerprint density at radius 3 is 2.81 bits per heavy atom. The summed E-state index contributed by atoms with van der Waals surface area (Å²) in [6.45, 7) is 0. The van der Waals surface area contributed by atoms with E-state index in [2.05, 4.69) is 17.5 Å². The summed E-state index contributed by atoms with van der Waals surface area (Å²) in [5.41, 5.74) is 1.11. The first-order chi connectivity index (χ1) is 10.3. The maximum absolute atomic E-state index is 12.5. The highest BCUT2D eigenvalue weighted by molar-refractivity contribution is 7.99. The molecule has 0 spiro atoms. The average Bonchev–Trinajstić information content (AvgIpc) is 2.97. The van der Waals surface area contributed by atoms with Gasteiger partial charge in [0.25, 0.3) is 0 Å². The normalized spacial score (nSPS) is 23.1. The fraction of sp³-hybridized carbons (Fsp3) is 0.529. The lowest BCUT2D eigenvalue weighted by atomic mass is 9.84. The van der Waals surface area contributed by atoms with E-state index >= 15 is 0 Å². The third-order valence-corrected chi connectivity index (χ3v) is 5.76. The van der Waals surface area contributed by atoms with Gasteiger partial charge in [-0.25, -0.2) is 0 Å². The van der Waals surface area contributed by atoms with Crippen molar-refractivity contribution in [2.24, 2.45) is 5.92 Å². The SMILES string of the molecule is N#CC(NC(=O)C1CSc2ccccc21)C1CCCCC1. The Bertz CT molecular complexity index is 560. The highest BCUT2D eigenvalue weighted by Gasteiger charge is 2.32. The van der Waals surface area contributed by atoms with Crippen molar-refractivity contribution in [3.05, 3.63) is 29.8 Å². The quantitative estimate of drug-likeness (QED) is 0.930. The maximum Gasteiger partial charge on any atom is 0.229 e. The molecule has 0 radical (unpaired) electrons. The maximum atomic E-state index is 12.5. The van der Waals surface area contributed by atoms with E-state index in [-0.39, 0.29) is 17.9 Å². The number of nitrogens with one attached hydrogen (secondary N) is 1. The highest BCUT2D eigenvalue weighted by atomic mass is 32.2. The summed E-state index contributed by atoms with van der Waals surface area (Å²) in [5, 5.41) is 12.4. The predicted molar refractivity (Wildman–Crippen MR) is 84.0 cm³/mol. The molecule has 21 heavy (non-hydrogen) atoms. The Balaban J connectivity index is 1.67. The summed E-state index contributed by atoms with van der Waals surface area (Å²) in [6.07, 6.45) is 5.75. The zero-order chi connectivity index (χ0) is 14.7. The molecule has 1 aromatic rings. The summed E-state index contributed by atoms with van der Waals surface area (Å²) in [7, 11) is 0. The van der Waals surface area contributed by atoms with E-state index in [0.29, 0.717) is 5.92 Å². The number of amides is 1. The van der Waals surface area contributed by atoms with Crippen molar-refractivity contribution >= 4 is 17.7 Å². The molecule has 3 rings (SSSR count). The van der Waals surface area contributed by atoms with Crippen LogP contribution in [-0.2, 0) is 4.79 Å². The number of nitriles is 1. The smallest absolute Gasteiger partial charge is 0.229 e. The van der Waals surface area contributed by atoms with Gasteiger partial charge in [-0.1, -0.05) is 37.5 Å². The lowest BCUT2D eigenvalue weighted by Gasteiger charge is -2.27. The molecule has 4 heteroatoms. The second-order valence-electron chi connectivity index (χ2n) is 5.91. The fourth-order valence-electron chi connectivity index (χ4n) is 3.36. The molecule has 1 amide bonds. The lowest BCUT2D eigenvalue weighted by Crippen LogP contribution is -2.42. The highest BCUT2D eigenvalue weighted by Crippen LogP contribution is 2.39. The topological polar surface area (TPSA) is 52.9 Å². The second-order valence-corrected chi connectivity index (χ2v) is 6.98. The molecule has 0 bridgehead atoms. The van der Waals surface area contributed by atoms with Crippen LogP contribution in [0.25, 0.3) is 0 Å². The van der Waals surface area contributed by atoms with Gasteiger partial charge in [-0.2, -0.15) is 5.26 Å². The molecule has 0 saturated heterocycles.